The van der Waals surface area contributed by atoms with Crippen molar-refractivity contribution in [3.8, 4) is 0 Å². The summed E-state index contributed by atoms with van der Waals surface area (Å²) in [5.41, 5.74) is -3.12. The average molecular weight is 1060 g/mol. The largest absolute Gasteiger partial charge is 0.462 e. The summed E-state index contributed by atoms with van der Waals surface area (Å²) in [5.74, 6) is -2.08. The van der Waals surface area contributed by atoms with Gasteiger partial charge in [-0.25, -0.2) is 8.42 Å². The predicted molar refractivity (Wildman–Crippen MR) is 265 cm³/mol. The number of Topliss-reactive ketones (excluding diaryl/α,β-unsaturated/α-hetero) is 1. The Kier molecular flexibility index (Phi) is 91.9. The minimum atomic E-state index is -5.24. The van der Waals surface area contributed by atoms with E-state index in [1.54, 1.807) is 33.0 Å². The van der Waals surface area contributed by atoms with Gasteiger partial charge in [-0.1, -0.05) is 77.7 Å². The second-order valence-corrected chi connectivity index (χ2v) is 17.6. The Balaban J connectivity index is -0.0000000416. The molecule has 0 saturated heterocycles. The van der Waals surface area contributed by atoms with Gasteiger partial charge in [0, 0.05) is 75.3 Å². The molecule has 0 aromatic carbocycles. The normalized spacial score (nSPS) is 9.26. The van der Waals surface area contributed by atoms with Crippen molar-refractivity contribution < 1.29 is 96.7 Å². The summed E-state index contributed by atoms with van der Waals surface area (Å²) in [7, 11) is 2.18. The third-order valence-corrected chi connectivity index (χ3v) is 3.74. The quantitative estimate of drug-likeness (QED) is 0.103. The molecule has 0 rings (SSSR count). The highest BCUT2D eigenvalue weighted by Gasteiger charge is 2.64. The zero-order chi connectivity index (χ0) is 54.3. The SMILES string of the molecule is C.C.C.C.CC(=O)OCC(COC(C)=O)OC(C)=O.CC(=O)OCCOC(C)=O.CC(C)(C(F)(F)F)C(F)(F)F.CC(C)(C)C.CC(C)=O.CCC.CNC(C)=O.COC.CS(C)(=O)=O.CSC. The van der Waals surface area contributed by atoms with Crippen molar-refractivity contribution in [2.75, 3.05) is 72.7 Å². The van der Waals surface area contributed by atoms with Gasteiger partial charge in [0.2, 0.25) is 5.91 Å². The highest BCUT2D eigenvalue weighted by Crippen LogP contribution is 2.49. The molecule has 0 aromatic rings. The smallest absolute Gasteiger partial charge is 0.402 e. The molecule has 68 heavy (non-hydrogen) atoms. The van der Waals surface area contributed by atoms with E-state index in [2.05, 4.69) is 70.5 Å². The van der Waals surface area contributed by atoms with E-state index in [1.165, 1.54) is 61.8 Å². The number of esters is 5. The van der Waals surface area contributed by atoms with Crippen LogP contribution in [0.5, 0.6) is 0 Å². The summed E-state index contributed by atoms with van der Waals surface area (Å²) in [6.07, 6.45) is -3.59. The molecular weight excluding hydrogens is 961 g/mol. The molecule has 24 heteroatoms. The van der Waals surface area contributed by atoms with Crippen molar-refractivity contribution in [1.29, 1.82) is 0 Å². The van der Waals surface area contributed by atoms with Gasteiger partial charge in [0.15, 0.2) is 11.5 Å². The second kappa shape index (κ2) is 61.3. The predicted octanol–water partition coefficient (Wildman–Crippen LogP) is 10.6. The third kappa shape index (κ3) is 168. The first-order chi connectivity index (χ1) is 28.3. The Morgan fingerprint density at radius 3 is 0.809 bits per heavy atom. The topological polar surface area (TPSA) is 221 Å². The van der Waals surface area contributed by atoms with Gasteiger partial charge in [-0.2, -0.15) is 38.1 Å². The lowest BCUT2D eigenvalue weighted by atomic mass is 9.92. The van der Waals surface area contributed by atoms with Crippen molar-refractivity contribution in [3.05, 3.63) is 0 Å². The molecule has 0 saturated carbocycles. The van der Waals surface area contributed by atoms with Gasteiger partial charge in [0.1, 0.15) is 42.0 Å². The van der Waals surface area contributed by atoms with E-state index in [1.807, 2.05) is 12.5 Å². The van der Waals surface area contributed by atoms with E-state index < -0.39 is 51.6 Å². The number of amides is 1. The zero-order valence-corrected chi connectivity index (χ0v) is 44.0. The molecule has 422 valence electrons. The zero-order valence-electron chi connectivity index (χ0n) is 42.3. The lowest BCUT2D eigenvalue weighted by Crippen LogP contribution is -2.44. The standard InChI is InChI=1S/C9H14O6.C6H10O4.C5H6F6.C5H12.C3H7NO.C3H6O.C3H8.C2H6O2S.C2H6O.C2H6S.4CH4/c1-6(10)13-4-9(15-8(3)12)5-14-7(2)11;1-5(7)9-3-4-10-6(2)8;1-3(2,4(6,7)8)5(9,10)11;1-5(2,3)4;1-3(5)4-2;1-3(2)4;1-3-2;1-5(2,3)4;2*1-3-2;;;;/h9H,4-5H2,1-3H3;3-4H2,1-2H3;1-2H3;1-4H3;1-2H3,(H,4,5);1-2H3;3H2,1-2H3;1-2H3;2*1-2H3;4*1H4. The van der Waals surface area contributed by atoms with Crippen molar-refractivity contribution >= 4 is 63.1 Å². The Morgan fingerprint density at radius 2 is 0.721 bits per heavy atom. The van der Waals surface area contributed by atoms with Crippen LogP contribution in [0.1, 0.15) is 147 Å². The van der Waals surface area contributed by atoms with Crippen LogP contribution < -0.4 is 5.32 Å². The highest BCUT2D eigenvalue weighted by atomic mass is 32.2. The molecule has 0 radical (unpaired) electrons. The molecule has 1 amide bonds. The Morgan fingerprint density at radius 1 is 0.559 bits per heavy atom. The average Bonchev–Trinajstić information content (AvgIpc) is 3.03. The fourth-order valence-corrected chi connectivity index (χ4v) is 1.30. The fourth-order valence-electron chi connectivity index (χ4n) is 1.30. The molecule has 0 heterocycles. The summed E-state index contributed by atoms with van der Waals surface area (Å²) in [4.78, 5) is 71.0. The molecule has 0 unspecified atom stereocenters. The maximum absolute atomic E-state index is 11.6. The molecule has 0 bridgehead atoms. The lowest BCUT2D eigenvalue weighted by molar-refractivity contribution is -0.327. The lowest BCUT2D eigenvalue weighted by Gasteiger charge is -2.29. The maximum Gasteiger partial charge on any atom is 0.402 e. The first-order valence-corrected chi connectivity index (χ1v) is 22.7. The van der Waals surface area contributed by atoms with Gasteiger partial charge in [-0.05, 0) is 45.6 Å². The number of ketones is 1. The molecule has 16 nitrogen and oxygen atoms in total. The van der Waals surface area contributed by atoms with E-state index in [0.717, 1.165) is 12.5 Å². The number of thioether (sulfide) groups is 1. The molecule has 0 aliphatic carbocycles. The molecular formula is C44H97F6NO15S2. The van der Waals surface area contributed by atoms with Crippen LogP contribution in [0.4, 0.5) is 26.3 Å². The van der Waals surface area contributed by atoms with Crippen LogP contribution in [0.3, 0.4) is 0 Å². The van der Waals surface area contributed by atoms with Crippen molar-refractivity contribution in [3.63, 3.8) is 0 Å². The molecule has 0 aliphatic heterocycles. The van der Waals surface area contributed by atoms with Crippen LogP contribution in [-0.4, -0.2) is 141 Å². The van der Waals surface area contributed by atoms with Gasteiger partial charge in [-0.15, -0.1) is 0 Å². The number of halogens is 6. The Labute approximate surface area is 413 Å². The number of carbonyl (C=O) groups excluding carboxylic acids is 7. The van der Waals surface area contributed by atoms with Gasteiger partial charge in [0.05, 0.1) is 0 Å². The molecule has 1 N–H and O–H groups in total. The summed E-state index contributed by atoms with van der Waals surface area (Å²) in [6.45, 7) is 24.0. The van der Waals surface area contributed by atoms with Crippen LogP contribution in [0.2, 0.25) is 0 Å². The minimum Gasteiger partial charge on any atom is -0.462 e. The highest BCUT2D eigenvalue weighted by molar-refractivity contribution is 7.97. The number of rotatable bonds is 8. The summed E-state index contributed by atoms with van der Waals surface area (Å²) in [6, 6.07) is 0. The number of ether oxygens (including phenoxy) is 6. The summed E-state index contributed by atoms with van der Waals surface area (Å²) < 4.78 is 116. The monoisotopic (exact) mass is 1060 g/mol. The van der Waals surface area contributed by atoms with Crippen LogP contribution in [0.15, 0.2) is 0 Å². The Hall–Kier alpha value is -3.67. The van der Waals surface area contributed by atoms with Gasteiger partial charge in [-0.3, -0.25) is 28.8 Å². The third-order valence-electron chi connectivity index (χ3n) is 3.74. The number of carbonyl (C=O) groups is 7. The van der Waals surface area contributed by atoms with E-state index in [0.29, 0.717) is 5.41 Å². The van der Waals surface area contributed by atoms with Crippen molar-refractivity contribution in [2.45, 2.75) is 165 Å². The van der Waals surface area contributed by atoms with Crippen LogP contribution in [0.25, 0.3) is 0 Å². The van der Waals surface area contributed by atoms with E-state index >= 15 is 0 Å². The van der Waals surface area contributed by atoms with Gasteiger partial charge < -0.3 is 38.5 Å². The first-order valence-electron chi connectivity index (χ1n) is 18.7. The molecule has 0 aromatic heterocycles. The number of alkyl halides is 6. The number of nitrogens with one attached hydrogen (secondary N) is 1. The van der Waals surface area contributed by atoms with Crippen molar-refractivity contribution in [1.82, 2.24) is 5.32 Å². The van der Waals surface area contributed by atoms with Gasteiger partial charge in [0.25, 0.3) is 0 Å². The molecule has 0 atom stereocenters. The Bertz CT molecular complexity index is 1220. The second-order valence-electron chi connectivity index (χ2n) is 14.5. The fraction of sp³-hybridized carbons (Fsp3) is 0.841. The molecule has 0 fully saturated rings. The van der Waals surface area contributed by atoms with Crippen LogP contribution >= 0.6 is 11.8 Å². The van der Waals surface area contributed by atoms with Crippen LogP contribution in [-0.2, 0) is 71.8 Å². The molecule has 0 aliphatic rings. The van der Waals surface area contributed by atoms with Crippen LogP contribution in [0, 0.1) is 10.8 Å². The maximum atomic E-state index is 11.6. The van der Waals surface area contributed by atoms with E-state index in [-0.39, 0.29) is 93.6 Å². The number of sulfone groups is 1. The summed E-state index contributed by atoms with van der Waals surface area (Å²) >= 11 is 1.75. The number of methoxy groups -OCH3 is 1. The van der Waals surface area contributed by atoms with E-state index in [9.17, 15) is 68.3 Å². The first kappa shape index (κ1) is 102. The van der Waals surface area contributed by atoms with Gasteiger partial charge >= 0.3 is 42.2 Å². The minimum absolute atomic E-state index is 0. The van der Waals surface area contributed by atoms with E-state index in [4.69, 9.17) is 4.74 Å². The number of hydrogen-bond donors (Lipinski definition) is 1. The summed E-state index contributed by atoms with van der Waals surface area (Å²) in [5, 5.41) is 2.39. The number of hydrogen-bond acceptors (Lipinski definition) is 16. The molecule has 0 spiro atoms. The van der Waals surface area contributed by atoms with Crippen molar-refractivity contribution in [2.24, 2.45) is 10.8 Å².